The highest BCUT2D eigenvalue weighted by Crippen LogP contribution is 2.19. The molecule has 7 heteroatoms. The molecule has 1 aliphatic heterocycles. The third-order valence-corrected chi connectivity index (χ3v) is 3.41. The van der Waals surface area contributed by atoms with Crippen molar-refractivity contribution in [3.05, 3.63) is 29.8 Å². The van der Waals surface area contributed by atoms with E-state index >= 15 is 0 Å². The van der Waals surface area contributed by atoms with Crippen molar-refractivity contribution in [1.29, 1.82) is 0 Å². The predicted molar refractivity (Wildman–Crippen MR) is 72.0 cm³/mol. The number of benzene rings is 1. The molecule has 0 radical (unpaired) electrons. The van der Waals surface area contributed by atoms with Crippen molar-refractivity contribution >= 4 is 17.7 Å². The maximum absolute atomic E-state index is 13.1. The molecule has 21 heavy (non-hydrogen) atoms. The molecule has 1 aromatic rings. The number of urea groups is 1. The molecule has 0 spiro atoms. The first-order chi connectivity index (χ1) is 9.97. The molecule has 1 aliphatic rings. The van der Waals surface area contributed by atoms with Crippen LogP contribution in [-0.2, 0) is 4.79 Å². The number of rotatable bonds is 2. The lowest BCUT2D eigenvalue weighted by molar-refractivity contribution is -0.142. The van der Waals surface area contributed by atoms with Gasteiger partial charge < -0.3 is 15.3 Å². The van der Waals surface area contributed by atoms with E-state index in [-0.39, 0.29) is 5.69 Å². The van der Waals surface area contributed by atoms with Crippen molar-refractivity contribution in [2.75, 3.05) is 11.9 Å². The highest BCUT2D eigenvalue weighted by Gasteiger charge is 2.30. The van der Waals surface area contributed by atoms with Gasteiger partial charge >= 0.3 is 12.0 Å². The lowest BCUT2D eigenvalue weighted by Gasteiger charge is -2.27. The number of carboxylic acids is 1. The third kappa shape index (κ3) is 3.90. The lowest BCUT2D eigenvalue weighted by Crippen LogP contribution is -2.46. The van der Waals surface area contributed by atoms with Crippen LogP contribution in [0.25, 0.3) is 0 Å². The van der Waals surface area contributed by atoms with Gasteiger partial charge in [0, 0.05) is 18.3 Å². The lowest BCUT2D eigenvalue weighted by atomic mass is 10.1. The summed E-state index contributed by atoms with van der Waals surface area (Å²) in [4.78, 5) is 24.6. The highest BCUT2D eigenvalue weighted by atomic mass is 19.1. The van der Waals surface area contributed by atoms with E-state index in [1.807, 2.05) is 0 Å². The van der Waals surface area contributed by atoms with E-state index in [0.717, 1.165) is 25.0 Å². The number of nitrogens with zero attached hydrogens (tertiary/aromatic N) is 1. The van der Waals surface area contributed by atoms with Crippen molar-refractivity contribution in [3.8, 4) is 0 Å². The quantitative estimate of drug-likeness (QED) is 0.882. The van der Waals surface area contributed by atoms with Crippen molar-refractivity contribution in [2.24, 2.45) is 0 Å². The average molecular weight is 298 g/mol. The second-order valence-corrected chi connectivity index (χ2v) is 4.99. The molecule has 0 bridgehead atoms. The standard InChI is InChI=1S/C14H16F2N2O3/c15-9-6-10(16)8-11(7-9)17-14(21)18-5-3-1-2-4-12(18)13(19)20/h6-8,12H,1-5H2,(H,17,21)(H,19,20). The van der Waals surface area contributed by atoms with Crippen LogP contribution in [-0.4, -0.2) is 34.6 Å². The molecule has 1 atom stereocenters. The van der Waals surface area contributed by atoms with Crippen LogP contribution in [0.2, 0.25) is 0 Å². The number of anilines is 1. The molecular formula is C14H16F2N2O3. The zero-order chi connectivity index (χ0) is 15.4. The van der Waals surface area contributed by atoms with E-state index in [9.17, 15) is 23.5 Å². The Morgan fingerprint density at radius 2 is 1.81 bits per heavy atom. The van der Waals surface area contributed by atoms with Crippen LogP contribution in [0.4, 0.5) is 19.3 Å². The van der Waals surface area contributed by atoms with Crippen molar-refractivity contribution in [3.63, 3.8) is 0 Å². The number of carbonyl (C=O) groups is 2. The van der Waals surface area contributed by atoms with Crippen LogP contribution in [0.3, 0.4) is 0 Å². The van der Waals surface area contributed by atoms with Gasteiger partial charge in [-0.1, -0.05) is 12.8 Å². The molecular weight excluding hydrogens is 282 g/mol. The molecule has 1 aromatic carbocycles. The Balaban J connectivity index is 2.14. The summed E-state index contributed by atoms with van der Waals surface area (Å²) in [5, 5.41) is 11.5. The fourth-order valence-electron chi connectivity index (χ4n) is 2.43. The molecule has 2 rings (SSSR count). The maximum Gasteiger partial charge on any atom is 0.326 e. The van der Waals surface area contributed by atoms with Gasteiger partial charge in [0.2, 0.25) is 0 Å². The number of halogens is 2. The predicted octanol–water partition coefficient (Wildman–Crippen LogP) is 2.83. The summed E-state index contributed by atoms with van der Waals surface area (Å²) in [7, 11) is 0. The summed E-state index contributed by atoms with van der Waals surface area (Å²) in [6.45, 7) is 0.306. The zero-order valence-electron chi connectivity index (χ0n) is 11.3. The van der Waals surface area contributed by atoms with Crippen LogP contribution < -0.4 is 5.32 Å². The summed E-state index contributed by atoms with van der Waals surface area (Å²) < 4.78 is 26.2. The minimum atomic E-state index is -1.07. The number of aliphatic carboxylic acids is 1. The molecule has 2 N–H and O–H groups in total. The number of nitrogens with one attached hydrogen (secondary N) is 1. The van der Waals surface area contributed by atoms with Gasteiger partial charge in [-0.15, -0.1) is 0 Å². The normalized spacial score (nSPS) is 19.0. The van der Waals surface area contributed by atoms with Gasteiger partial charge in [-0.05, 0) is 25.0 Å². The van der Waals surface area contributed by atoms with Gasteiger partial charge in [-0.3, -0.25) is 0 Å². The van der Waals surface area contributed by atoms with E-state index in [4.69, 9.17) is 0 Å². The second-order valence-electron chi connectivity index (χ2n) is 4.99. The number of likely N-dealkylation sites (tertiary alicyclic amines) is 1. The molecule has 114 valence electrons. The van der Waals surface area contributed by atoms with Gasteiger partial charge in [0.1, 0.15) is 17.7 Å². The van der Waals surface area contributed by atoms with Crippen LogP contribution in [0.15, 0.2) is 18.2 Å². The number of hydrogen-bond donors (Lipinski definition) is 2. The van der Waals surface area contributed by atoms with E-state index in [1.165, 1.54) is 4.90 Å². The number of amides is 2. The molecule has 1 fully saturated rings. The van der Waals surface area contributed by atoms with E-state index in [0.29, 0.717) is 25.5 Å². The Morgan fingerprint density at radius 1 is 1.14 bits per heavy atom. The van der Waals surface area contributed by atoms with E-state index in [2.05, 4.69) is 5.32 Å². The minimum absolute atomic E-state index is 0.0362. The fourth-order valence-corrected chi connectivity index (χ4v) is 2.43. The van der Waals surface area contributed by atoms with Crippen LogP contribution in [0.5, 0.6) is 0 Å². The number of carbonyl (C=O) groups excluding carboxylic acids is 1. The average Bonchev–Trinajstić information content (AvgIpc) is 2.62. The Bertz CT molecular complexity index is 531. The molecule has 1 saturated heterocycles. The molecule has 0 saturated carbocycles. The smallest absolute Gasteiger partial charge is 0.326 e. The molecule has 0 aromatic heterocycles. The number of hydrogen-bond acceptors (Lipinski definition) is 2. The molecule has 1 heterocycles. The van der Waals surface area contributed by atoms with Crippen molar-refractivity contribution < 1.29 is 23.5 Å². The van der Waals surface area contributed by atoms with Gasteiger partial charge in [-0.25, -0.2) is 18.4 Å². The third-order valence-electron chi connectivity index (χ3n) is 3.41. The van der Waals surface area contributed by atoms with Crippen LogP contribution >= 0.6 is 0 Å². The SMILES string of the molecule is O=C(O)C1CCCCCN1C(=O)Nc1cc(F)cc(F)c1. The summed E-state index contributed by atoms with van der Waals surface area (Å²) in [5.41, 5.74) is -0.0362. The fraction of sp³-hybridized carbons (Fsp3) is 0.429. The maximum atomic E-state index is 13.1. The van der Waals surface area contributed by atoms with E-state index < -0.39 is 29.7 Å². The monoisotopic (exact) mass is 298 g/mol. The van der Waals surface area contributed by atoms with Crippen molar-refractivity contribution in [1.82, 2.24) is 4.90 Å². The number of carboxylic acid groups (broad SMARTS) is 1. The summed E-state index contributed by atoms with van der Waals surface area (Å²) in [5.74, 6) is -2.69. The molecule has 5 nitrogen and oxygen atoms in total. The van der Waals surface area contributed by atoms with Gasteiger partial charge in [0.15, 0.2) is 0 Å². The zero-order valence-corrected chi connectivity index (χ0v) is 11.3. The Labute approximate surface area is 120 Å². The molecule has 2 amide bonds. The first kappa shape index (κ1) is 15.2. The Morgan fingerprint density at radius 3 is 2.43 bits per heavy atom. The molecule has 0 aliphatic carbocycles. The van der Waals surface area contributed by atoms with Crippen LogP contribution in [0, 0.1) is 11.6 Å². The van der Waals surface area contributed by atoms with Gasteiger partial charge in [-0.2, -0.15) is 0 Å². The highest BCUT2D eigenvalue weighted by molar-refractivity contribution is 5.92. The van der Waals surface area contributed by atoms with Crippen molar-refractivity contribution in [2.45, 2.75) is 31.7 Å². The first-order valence-electron chi connectivity index (χ1n) is 6.74. The second kappa shape index (κ2) is 6.51. The summed E-state index contributed by atoms with van der Waals surface area (Å²) in [6.07, 6.45) is 2.66. The van der Waals surface area contributed by atoms with E-state index in [1.54, 1.807) is 0 Å². The first-order valence-corrected chi connectivity index (χ1v) is 6.74. The summed E-state index contributed by atoms with van der Waals surface area (Å²) in [6, 6.07) is 1.09. The largest absolute Gasteiger partial charge is 0.480 e. The topological polar surface area (TPSA) is 69.6 Å². The Kier molecular flexibility index (Phi) is 4.72. The Hall–Kier alpha value is -2.18. The van der Waals surface area contributed by atoms with Crippen LogP contribution in [0.1, 0.15) is 25.7 Å². The van der Waals surface area contributed by atoms with Gasteiger partial charge in [0.25, 0.3) is 0 Å². The minimum Gasteiger partial charge on any atom is -0.480 e. The summed E-state index contributed by atoms with van der Waals surface area (Å²) >= 11 is 0. The molecule has 1 unspecified atom stereocenters. The van der Waals surface area contributed by atoms with Gasteiger partial charge in [0.05, 0.1) is 0 Å².